The van der Waals surface area contributed by atoms with Crippen LogP contribution in [0.25, 0.3) is 0 Å². The molecule has 1 rings (SSSR count). The molecule has 0 atom stereocenters. The number of unbranched alkanes of at least 4 members (excludes halogenated alkanes) is 7. The second kappa shape index (κ2) is 10.6. The number of benzene rings is 1. The molecule has 0 aromatic heterocycles. The molecule has 0 heterocycles. The van der Waals surface area contributed by atoms with Gasteiger partial charge in [-0.2, -0.15) is 4.39 Å². The summed E-state index contributed by atoms with van der Waals surface area (Å²) in [6.07, 6.45) is 9.62. The van der Waals surface area contributed by atoms with Crippen LogP contribution in [0.2, 0.25) is 0 Å². The highest BCUT2D eigenvalue weighted by atomic mass is 19.2. The minimum absolute atomic E-state index is 0.295. The third kappa shape index (κ3) is 6.75. The second-order valence-corrected chi connectivity index (χ2v) is 5.52. The van der Waals surface area contributed by atoms with Crippen molar-refractivity contribution < 1.29 is 23.5 Å². The van der Waals surface area contributed by atoms with Crippen molar-refractivity contribution in [3.8, 4) is 5.75 Å². The highest BCUT2D eigenvalue weighted by molar-refractivity contribution is 6.33. The smallest absolute Gasteiger partial charge is 0.509 e. The lowest BCUT2D eigenvalue weighted by molar-refractivity contribution is 0.279. The molecular formula is C16H25BF2O3. The Morgan fingerprint density at radius 1 is 0.909 bits per heavy atom. The number of rotatable bonds is 11. The Labute approximate surface area is 131 Å². The van der Waals surface area contributed by atoms with Crippen LogP contribution in [0, 0.1) is 11.6 Å². The predicted octanol–water partition coefficient (Wildman–Crippen LogP) is 4.00. The van der Waals surface area contributed by atoms with E-state index < -0.39 is 24.7 Å². The number of hydrogen-bond acceptors (Lipinski definition) is 3. The predicted molar refractivity (Wildman–Crippen MR) is 83.5 cm³/mol. The molecule has 3 nitrogen and oxygen atoms in total. The zero-order valence-corrected chi connectivity index (χ0v) is 13.2. The molecule has 0 bridgehead atoms. The first-order valence-corrected chi connectivity index (χ1v) is 8.06. The van der Waals surface area contributed by atoms with Crippen LogP contribution in [0.5, 0.6) is 5.75 Å². The molecule has 0 aliphatic carbocycles. The van der Waals surface area contributed by atoms with Gasteiger partial charge in [-0.3, -0.25) is 0 Å². The normalized spacial score (nSPS) is 10.8. The van der Waals surface area contributed by atoms with Crippen LogP contribution in [0.1, 0.15) is 63.9 Å². The molecule has 124 valence electrons. The average molecular weight is 314 g/mol. The Morgan fingerprint density at radius 2 is 1.50 bits per heavy atom. The van der Waals surface area contributed by atoms with Crippen molar-refractivity contribution in [1.29, 1.82) is 0 Å². The maximum absolute atomic E-state index is 13.8. The summed E-state index contributed by atoms with van der Waals surface area (Å²) in [4.78, 5) is 0. The fraction of sp³-hybridized carbons (Fsp3) is 0.625. The van der Waals surface area contributed by atoms with E-state index in [1.807, 2.05) is 0 Å². The monoisotopic (exact) mass is 314 g/mol. The first-order chi connectivity index (χ1) is 10.6. The summed E-state index contributed by atoms with van der Waals surface area (Å²) in [6.45, 7) is 2.19. The Bertz CT molecular complexity index is 442. The summed E-state index contributed by atoms with van der Waals surface area (Å²) >= 11 is 0. The lowest BCUT2D eigenvalue weighted by atomic mass is 10.0. The molecule has 0 unspecified atom stereocenters. The molecule has 0 saturated carbocycles. The summed E-state index contributed by atoms with van der Waals surface area (Å²) in [5.41, 5.74) is 0.295. The Kier molecular flexibility index (Phi) is 9.08. The molecule has 0 aliphatic heterocycles. The minimum Gasteiger partial charge on any atom is -0.509 e. The summed E-state index contributed by atoms with van der Waals surface area (Å²) in [7, 11) is -2.16. The van der Waals surface area contributed by atoms with Crippen LogP contribution in [-0.4, -0.2) is 17.4 Å². The molecular weight excluding hydrogens is 289 g/mol. The van der Waals surface area contributed by atoms with Crippen molar-refractivity contribution in [1.82, 2.24) is 0 Å². The van der Waals surface area contributed by atoms with E-state index in [4.69, 9.17) is 10.0 Å². The summed E-state index contributed by atoms with van der Waals surface area (Å²) in [5, 5.41) is 17.2. The van der Waals surface area contributed by atoms with Crippen molar-refractivity contribution in [2.45, 2.75) is 64.7 Å². The van der Waals surface area contributed by atoms with Gasteiger partial charge in [-0.05, 0) is 24.5 Å². The molecule has 0 aliphatic rings. The highest BCUT2D eigenvalue weighted by Crippen LogP contribution is 2.24. The van der Waals surface area contributed by atoms with Gasteiger partial charge in [0.15, 0.2) is 11.6 Å². The van der Waals surface area contributed by atoms with Gasteiger partial charge < -0.3 is 14.7 Å². The van der Waals surface area contributed by atoms with E-state index in [9.17, 15) is 8.78 Å². The van der Waals surface area contributed by atoms with Gasteiger partial charge in [0.25, 0.3) is 0 Å². The van der Waals surface area contributed by atoms with Crippen molar-refractivity contribution in [3.05, 3.63) is 29.3 Å². The van der Waals surface area contributed by atoms with Gasteiger partial charge >= 0.3 is 7.32 Å². The Morgan fingerprint density at radius 3 is 2.09 bits per heavy atom. The van der Waals surface area contributed by atoms with Crippen molar-refractivity contribution in [3.63, 3.8) is 0 Å². The van der Waals surface area contributed by atoms with E-state index in [-0.39, 0.29) is 0 Å². The summed E-state index contributed by atoms with van der Waals surface area (Å²) in [6, 6.07) is 2.65. The highest BCUT2D eigenvalue weighted by Gasteiger charge is 2.19. The molecule has 0 spiro atoms. The van der Waals surface area contributed by atoms with Gasteiger partial charge in [-0.15, -0.1) is 0 Å². The number of aryl methyl sites for hydroxylation is 1. The molecule has 2 N–H and O–H groups in total. The van der Waals surface area contributed by atoms with Gasteiger partial charge in [0.05, 0.1) is 0 Å². The molecule has 1 aromatic rings. The molecule has 0 saturated heterocycles. The van der Waals surface area contributed by atoms with Crippen LogP contribution < -0.4 is 4.65 Å². The minimum atomic E-state index is -2.16. The third-order valence-corrected chi connectivity index (χ3v) is 3.66. The largest absolute Gasteiger partial charge is 0.707 e. The lowest BCUT2D eigenvalue weighted by Crippen LogP contribution is -2.21. The SMILES string of the molecule is CCCCCCCCCCc1ccc(OB(O)O)c(F)c1F. The fourth-order valence-electron chi connectivity index (χ4n) is 2.42. The van der Waals surface area contributed by atoms with Gasteiger partial charge in [0.2, 0.25) is 0 Å². The quantitative estimate of drug-likeness (QED) is 0.479. The fourth-order valence-corrected chi connectivity index (χ4v) is 2.42. The van der Waals surface area contributed by atoms with E-state index in [0.29, 0.717) is 12.0 Å². The van der Waals surface area contributed by atoms with Crippen molar-refractivity contribution in [2.24, 2.45) is 0 Å². The van der Waals surface area contributed by atoms with Crippen molar-refractivity contribution in [2.75, 3.05) is 0 Å². The van der Waals surface area contributed by atoms with E-state index >= 15 is 0 Å². The first kappa shape index (κ1) is 18.9. The molecule has 0 fully saturated rings. The van der Waals surface area contributed by atoms with E-state index in [0.717, 1.165) is 19.3 Å². The molecule has 6 heteroatoms. The maximum Gasteiger partial charge on any atom is 0.707 e. The number of halogens is 2. The van der Waals surface area contributed by atoms with Crippen LogP contribution >= 0.6 is 0 Å². The summed E-state index contributed by atoms with van der Waals surface area (Å²) in [5.74, 6) is -2.64. The van der Waals surface area contributed by atoms with Crippen LogP contribution in [0.4, 0.5) is 8.78 Å². The van der Waals surface area contributed by atoms with Gasteiger partial charge in [-0.1, -0.05) is 57.9 Å². The average Bonchev–Trinajstić information content (AvgIpc) is 2.48. The van der Waals surface area contributed by atoms with Gasteiger partial charge in [0, 0.05) is 0 Å². The Hall–Kier alpha value is -1.14. The van der Waals surface area contributed by atoms with Crippen LogP contribution in [0.15, 0.2) is 12.1 Å². The van der Waals surface area contributed by atoms with E-state index in [1.54, 1.807) is 0 Å². The van der Waals surface area contributed by atoms with E-state index in [2.05, 4.69) is 11.6 Å². The zero-order chi connectivity index (χ0) is 16.4. The van der Waals surface area contributed by atoms with Crippen molar-refractivity contribution >= 4 is 7.32 Å². The van der Waals surface area contributed by atoms with E-state index in [1.165, 1.54) is 44.2 Å². The molecule has 0 amide bonds. The van der Waals surface area contributed by atoms with Gasteiger partial charge in [0.1, 0.15) is 5.75 Å². The van der Waals surface area contributed by atoms with Gasteiger partial charge in [-0.25, -0.2) is 4.39 Å². The lowest BCUT2D eigenvalue weighted by Gasteiger charge is -2.09. The van der Waals surface area contributed by atoms with Crippen LogP contribution in [-0.2, 0) is 6.42 Å². The third-order valence-electron chi connectivity index (χ3n) is 3.66. The topological polar surface area (TPSA) is 49.7 Å². The molecule has 22 heavy (non-hydrogen) atoms. The Balaban J connectivity index is 2.33. The second-order valence-electron chi connectivity index (χ2n) is 5.52. The maximum atomic E-state index is 13.8. The standard InChI is InChI=1S/C16H25BF2O3/c1-2-3-4-5-6-7-8-9-10-13-11-12-14(22-17(20)21)16(19)15(13)18/h11-12,20-21H,2-10H2,1H3. The molecule has 1 aromatic carbocycles. The number of hydrogen-bond donors (Lipinski definition) is 2. The van der Waals surface area contributed by atoms with Crippen LogP contribution in [0.3, 0.4) is 0 Å². The first-order valence-electron chi connectivity index (χ1n) is 8.06. The summed E-state index contributed by atoms with van der Waals surface area (Å²) < 4.78 is 31.8. The molecule has 0 radical (unpaired) electrons. The zero-order valence-electron chi connectivity index (χ0n) is 13.2.